The molecule has 3 rings (SSSR count). The van der Waals surface area contributed by atoms with Crippen molar-refractivity contribution in [2.45, 2.75) is 38.0 Å². The fourth-order valence-corrected chi connectivity index (χ4v) is 3.75. The van der Waals surface area contributed by atoms with Gasteiger partial charge >= 0.3 is 0 Å². The van der Waals surface area contributed by atoms with Crippen molar-refractivity contribution in [2.24, 2.45) is 0 Å². The molecule has 1 fully saturated rings. The first-order valence-electron chi connectivity index (χ1n) is 8.80. The quantitative estimate of drug-likeness (QED) is 0.814. The minimum Gasteiger partial charge on any atom is -0.361 e. The molecule has 1 aliphatic rings. The molecule has 1 aliphatic carbocycles. The fourth-order valence-electron chi connectivity index (χ4n) is 3.58. The van der Waals surface area contributed by atoms with Crippen molar-refractivity contribution in [3.8, 4) is 0 Å². The molecule has 0 spiro atoms. The molecule has 2 aromatic carbocycles. The summed E-state index contributed by atoms with van der Waals surface area (Å²) >= 11 is 5.35. The summed E-state index contributed by atoms with van der Waals surface area (Å²) in [6.45, 7) is 2.75. The number of hydrogen-bond acceptors (Lipinski definition) is 2. The van der Waals surface area contributed by atoms with Gasteiger partial charge in [-0.05, 0) is 49.7 Å². The second-order valence-corrected chi connectivity index (χ2v) is 7.26. The predicted octanol–water partition coefficient (Wildman–Crippen LogP) is 4.11. The average molecular weight is 353 g/mol. The molecule has 4 heteroatoms. The van der Waals surface area contributed by atoms with Crippen molar-refractivity contribution in [2.75, 3.05) is 6.54 Å². The van der Waals surface area contributed by atoms with Gasteiger partial charge in [0.1, 0.15) is 0 Å². The minimum atomic E-state index is -0.169. The third-order valence-electron chi connectivity index (χ3n) is 5.07. The molecule has 0 aromatic heterocycles. The Morgan fingerprint density at radius 2 is 1.68 bits per heavy atom. The Hall–Kier alpha value is -2.20. The van der Waals surface area contributed by atoms with E-state index in [0.717, 1.165) is 24.9 Å². The summed E-state index contributed by atoms with van der Waals surface area (Å²) in [5.74, 6) is -0.169. The molecule has 0 heterocycles. The van der Waals surface area contributed by atoms with Crippen LogP contribution in [0.25, 0.3) is 0 Å². The highest BCUT2D eigenvalue weighted by Crippen LogP contribution is 2.40. The Morgan fingerprint density at radius 1 is 1.04 bits per heavy atom. The fraction of sp³-hybridized carbons (Fsp3) is 0.333. The van der Waals surface area contributed by atoms with Gasteiger partial charge in [-0.15, -0.1) is 0 Å². The van der Waals surface area contributed by atoms with Gasteiger partial charge in [0.2, 0.25) is 0 Å². The van der Waals surface area contributed by atoms with Gasteiger partial charge in [0, 0.05) is 17.5 Å². The zero-order chi connectivity index (χ0) is 17.7. The van der Waals surface area contributed by atoms with E-state index in [1.165, 1.54) is 18.4 Å². The van der Waals surface area contributed by atoms with Gasteiger partial charge in [-0.2, -0.15) is 0 Å². The zero-order valence-electron chi connectivity index (χ0n) is 14.5. The molecule has 25 heavy (non-hydrogen) atoms. The molecule has 0 atom stereocenters. The molecular formula is C21H24N2OS. The van der Waals surface area contributed by atoms with Gasteiger partial charge in [-0.1, -0.05) is 60.9 Å². The Bertz CT molecular complexity index is 734. The molecule has 2 N–H and O–H groups in total. The van der Waals surface area contributed by atoms with Crippen molar-refractivity contribution in [1.82, 2.24) is 10.6 Å². The van der Waals surface area contributed by atoms with Crippen LogP contribution in [0, 0.1) is 6.92 Å². The number of nitrogens with one attached hydrogen (secondary N) is 2. The Kier molecular flexibility index (Phi) is 5.49. The van der Waals surface area contributed by atoms with Gasteiger partial charge in [-0.3, -0.25) is 10.1 Å². The number of aryl methyl sites for hydroxylation is 1. The lowest BCUT2D eigenvalue weighted by Crippen LogP contribution is -2.45. The maximum atomic E-state index is 12.3. The number of benzene rings is 2. The SMILES string of the molecule is Cc1ccc(C(=O)NC(=S)NCC2(c3ccccc3)CCCC2)cc1. The van der Waals surface area contributed by atoms with Gasteiger partial charge < -0.3 is 5.32 Å². The maximum absolute atomic E-state index is 12.3. The van der Waals surface area contributed by atoms with Crippen LogP contribution in [0.3, 0.4) is 0 Å². The van der Waals surface area contributed by atoms with Gasteiger partial charge in [-0.25, -0.2) is 0 Å². The molecule has 0 saturated heterocycles. The largest absolute Gasteiger partial charge is 0.361 e. The summed E-state index contributed by atoms with van der Waals surface area (Å²) in [7, 11) is 0. The highest BCUT2D eigenvalue weighted by Gasteiger charge is 2.35. The topological polar surface area (TPSA) is 41.1 Å². The van der Waals surface area contributed by atoms with E-state index in [-0.39, 0.29) is 11.3 Å². The molecule has 0 unspecified atom stereocenters. The normalized spacial score (nSPS) is 15.6. The van der Waals surface area contributed by atoms with Crippen LogP contribution in [-0.4, -0.2) is 17.6 Å². The molecule has 1 amide bonds. The minimum absolute atomic E-state index is 0.111. The molecule has 2 aromatic rings. The summed E-state index contributed by atoms with van der Waals surface area (Å²) in [6.07, 6.45) is 4.77. The lowest BCUT2D eigenvalue weighted by atomic mass is 9.79. The third kappa shape index (κ3) is 4.26. The zero-order valence-corrected chi connectivity index (χ0v) is 15.4. The number of carbonyl (C=O) groups is 1. The summed E-state index contributed by atoms with van der Waals surface area (Å²) in [5.41, 5.74) is 3.21. The Morgan fingerprint density at radius 3 is 2.32 bits per heavy atom. The first-order valence-corrected chi connectivity index (χ1v) is 9.21. The van der Waals surface area contributed by atoms with Gasteiger partial charge in [0.15, 0.2) is 5.11 Å². The lowest BCUT2D eigenvalue weighted by molar-refractivity contribution is 0.0976. The second-order valence-electron chi connectivity index (χ2n) is 6.86. The van der Waals surface area contributed by atoms with Crippen molar-refractivity contribution in [1.29, 1.82) is 0 Å². The molecule has 130 valence electrons. The highest BCUT2D eigenvalue weighted by molar-refractivity contribution is 7.80. The van der Waals surface area contributed by atoms with E-state index in [0.29, 0.717) is 10.7 Å². The van der Waals surface area contributed by atoms with Crippen LogP contribution in [0.1, 0.15) is 47.2 Å². The molecule has 0 radical (unpaired) electrons. The average Bonchev–Trinajstić information content (AvgIpc) is 3.11. The van der Waals surface area contributed by atoms with Crippen molar-refractivity contribution in [3.05, 3.63) is 71.3 Å². The van der Waals surface area contributed by atoms with Crippen molar-refractivity contribution < 1.29 is 4.79 Å². The standard InChI is InChI=1S/C21H24N2OS/c1-16-9-11-17(12-10-16)19(24)23-20(25)22-15-21(13-5-6-14-21)18-7-3-2-4-8-18/h2-4,7-12H,5-6,13-15H2,1H3,(H2,22,23,24,25). The van der Waals surface area contributed by atoms with Crippen molar-refractivity contribution in [3.63, 3.8) is 0 Å². The molecular weight excluding hydrogens is 328 g/mol. The van der Waals surface area contributed by atoms with E-state index in [1.54, 1.807) is 0 Å². The van der Waals surface area contributed by atoms with E-state index >= 15 is 0 Å². The summed E-state index contributed by atoms with van der Waals surface area (Å²) in [4.78, 5) is 12.3. The number of amides is 1. The van der Waals surface area contributed by atoms with E-state index in [1.807, 2.05) is 37.3 Å². The van der Waals surface area contributed by atoms with Crippen LogP contribution in [0.5, 0.6) is 0 Å². The Labute approximate surface area is 154 Å². The van der Waals surface area contributed by atoms with E-state index in [4.69, 9.17) is 12.2 Å². The van der Waals surface area contributed by atoms with Crippen LogP contribution < -0.4 is 10.6 Å². The van der Waals surface area contributed by atoms with E-state index < -0.39 is 0 Å². The van der Waals surface area contributed by atoms with Crippen LogP contribution in [0.2, 0.25) is 0 Å². The number of thiocarbonyl (C=S) groups is 1. The molecule has 3 nitrogen and oxygen atoms in total. The van der Waals surface area contributed by atoms with Crippen LogP contribution in [-0.2, 0) is 5.41 Å². The van der Waals surface area contributed by atoms with Crippen LogP contribution in [0.15, 0.2) is 54.6 Å². The monoisotopic (exact) mass is 352 g/mol. The first kappa shape index (κ1) is 17.6. The smallest absolute Gasteiger partial charge is 0.257 e. The third-order valence-corrected chi connectivity index (χ3v) is 5.32. The summed E-state index contributed by atoms with van der Waals surface area (Å²) in [6, 6.07) is 18.1. The molecule has 1 saturated carbocycles. The molecule has 0 bridgehead atoms. The Balaban J connectivity index is 1.61. The van der Waals surface area contributed by atoms with Crippen LogP contribution >= 0.6 is 12.2 Å². The summed E-state index contributed by atoms with van der Waals surface area (Å²) in [5, 5.41) is 6.46. The van der Waals surface area contributed by atoms with Crippen molar-refractivity contribution >= 4 is 23.2 Å². The number of carbonyl (C=O) groups excluding carboxylic acids is 1. The lowest BCUT2D eigenvalue weighted by Gasteiger charge is -2.30. The predicted molar refractivity (Wildman–Crippen MR) is 106 cm³/mol. The highest BCUT2D eigenvalue weighted by atomic mass is 32.1. The number of hydrogen-bond donors (Lipinski definition) is 2. The van der Waals surface area contributed by atoms with E-state index in [9.17, 15) is 4.79 Å². The second kappa shape index (κ2) is 7.79. The van der Waals surface area contributed by atoms with Gasteiger partial charge in [0.05, 0.1) is 0 Å². The first-order chi connectivity index (χ1) is 12.1. The summed E-state index contributed by atoms with van der Waals surface area (Å²) < 4.78 is 0. The maximum Gasteiger partial charge on any atom is 0.257 e. The molecule has 0 aliphatic heterocycles. The van der Waals surface area contributed by atoms with Crippen LogP contribution in [0.4, 0.5) is 0 Å². The van der Waals surface area contributed by atoms with E-state index in [2.05, 4.69) is 34.9 Å². The van der Waals surface area contributed by atoms with Gasteiger partial charge in [0.25, 0.3) is 5.91 Å². The number of rotatable bonds is 4.